The summed E-state index contributed by atoms with van der Waals surface area (Å²) in [6.07, 6.45) is 4.53. The number of nitrogen functional groups attached to an aromatic ring is 1. The second kappa shape index (κ2) is 19.0. The van der Waals surface area contributed by atoms with Crippen molar-refractivity contribution in [3.63, 3.8) is 0 Å². The van der Waals surface area contributed by atoms with Crippen molar-refractivity contribution in [3.05, 3.63) is 119 Å². The highest BCUT2D eigenvalue weighted by Crippen LogP contribution is 2.39. The molecule has 6 rings (SSSR count). The van der Waals surface area contributed by atoms with Crippen LogP contribution in [0.4, 0.5) is 11.4 Å². The molecule has 2 saturated heterocycles. The predicted molar refractivity (Wildman–Crippen MR) is 206 cm³/mol. The molecule has 0 spiro atoms. The molecule has 0 radical (unpaired) electrons. The molecule has 0 unspecified atom stereocenters. The Morgan fingerprint density at radius 3 is 2.23 bits per heavy atom. The highest BCUT2D eigenvalue weighted by atomic mass is 16.7. The Kier molecular flexibility index (Phi) is 13.6. The smallest absolute Gasteiger partial charge is 0.224 e. The first-order chi connectivity index (χ1) is 25.8. The van der Waals surface area contributed by atoms with Gasteiger partial charge in [-0.05, 0) is 59.2 Å². The second-order valence-corrected chi connectivity index (χ2v) is 14.2. The van der Waals surface area contributed by atoms with E-state index in [1.807, 2.05) is 66.7 Å². The van der Waals surface area contributed by atoms with Gasteiger partial charge in [-0.25, -0.2) is 0 Å². The van der Waals surface area contributed by atoms with E-state index in [9.17, 15) is 19.8 Å². The number of amides is 2. The zero-order valence-corrected chi connectivity index (χ0v) is 30.3. The minimum atomic E-state index is -0.557. The molecule has 0 bridgehead atoms. The Hall–Kier alpha value is -4.58. The van der Waals surface area contributed by atoms with Crippen LogP contribution in [0, 0.1) is 0 Å². The highest BCUT2D eigenvalue weighted by Gasteiger charge is 2.34. The SMILES string of the molecule is Nc1ccccc1NC(=O)CCCCCCC(=O)NCc1ccccc1-c1ccc([C@@H]2O[C@H](CN3CC[C@H](O)C3)C[C@H](c3ccc(CO)cc3)O2)cc1. The van der Waals surface area contributed by atoms with Crippen LogP contribution in [0.3, 0.4) is 0 Å². The number of unbranched alkanes of at least 4 members (excludes halogenated alkanes) is 3. The summed E-state index contributed by atoms with van der Waals surface area (Å²) in [5.74, 6) is -0.0406. The number of likely N-dealkylation sites (tertiary alicyclic amines) is 1. The number of aliphatic hydroxyl groups excluding tert-OH is 2. The van der Waals surface area contributed by atoms with Gasteiger partial charge in [-0.3, -0.25) is 14.5 Å². The van der Waals surface area contributed by atoms with Crippen LogP contribution in [0.5, 0.6) is 0 Å². The molecule has 6 N–H and O–H groups in total. The van der Waals surface area contributed by atoms with Crippen molar-refractivity contribution in [2.24, 2.45) is 0 Å². The maximum absolute atomic E-state index is 12.7. The van der Waals surface area contributed by atoms with Crippen molar-refractivity contribution in [3.8, 4) is 11.1 Å². The molecule has 10 heteroatoms. The number of hydrogen-bond acceptors (Lipinski definition) is 8. The van der Waals surface area contributed by atoms with E-state index < -0.39 is 6.29 Å². The lowest BCUT2D eigenvalue weighted by molar-refractivity contribution is -0.252. The molecule has 2 aliphatic heterocycles. The topological polar surface area (TPSA) is 146 Å². The van der Waals surface area contributed by atoms with Crippen LogP contribution in [-0.2, 0) is 32.2 Å². The van der Waals surface area contributed by atoms with Gasteiger partial charge >= 0.3 is 0 Å². The molecule has 2 fully saturated rings. The molecule has 0 aromatic heterocycles. The number of nitrogens with two attached hydrogens (primary N) is 1. The fourth-order valence-electron chi connectivity index (χ4n) is 7.11. The van der Waals surface area contributed by atoms with E-state index in [-0.39, 0.29) is 36.7 Å². The molecule has 2 heterocycles. The minimum Gasteiger partial charge on any atom is -0.397 e. The Morgan fingerprint density at radius 2 is 1.51 bits per heavy atom. The van der Waals surface area contributed by atoms with Crippen molar-refractivity contribution in [1.29, 1.82) is 0 Å². The van der Waals surface area contributed by atoms with E-state index in [0.29, 0.717) is 43.7 Å². The predicted octanol–water partition coefficient (Wildman–Crippen LogP) is 6.64. The molecule has 2 aliphatic rings. The largest absolute Gasteiger partial charge is 0.397 e. The second-order valence-electron chi connectivity index (χ2n) is 14.2. The molecule has 0 saturated carbocycles. The molecular formula is C43H52N4O6. The van der Waals surface area contributed by atoms with Gasteiger partial charge in [-0.15, -0.1) is 0 Å². The first-order valence-corrected chi connectivity index (χ1v) is 18.8. The lowest BCUT2D eigenvalue weighted by Crippen LogP contribution is -2.38. The summed E-state index contributed by atoms with van der Waals surface area (Å²) >= 11 is 0. The number of anilines is 2. The number of carbonyl (C=O) groups excluding carboxylic acids is 2. The number of nitrogens with one attached hydrogen (secondary N) is 2. The third kappa shape index (κ3) is 11.0. The third-order valence-corrected chi connectivity index (χ3v) is 10.1. The van der Waals surface area contributed by atoms with Gasteiger partial charge in [0.25, 0.3) is 0 Å². The van der Waals surface area contributed by atoms with Crippen LogP contribution in [0.25, 0.3) is 11.1 Å². The van der Waals surface area contributed by atoms with Gasteiger partial charge in [0, 0.05) is 51.0 Å². The van der Waals surface area contributed by atoms with Crippen LogP contribution in [0.2, 0.25) is 0 Å². The van der Waals surface area contributed by atoms with Gasteiger partial charge < -0.3 is 36.1 Å². The van der Waals surface area contributed by atoms with E-state index in [1.54, 1.807) is 12.1 Å². The van der Waals surface area contributed by atoms with Gasteiger partial charge in [0.1, 0.15) is 0 Å². The summed E-state index contributed by atoms with van der Waals surface area (Å²) in [5, 5.41) is 25.6. The number of carbonyl (C=O) groups is 2. The summed E-state index contributed by atoms with van der Waals surface area (Å²) in [7, 11) is 0. The minimum absolute atomic E-state index is 0.00372. The van der Waals surface area contributed by atoms with E-state index in [4.69, 9.17) is 15.2 Å². The Labute approximate surface area is 312 Å². The lowest BCUT2D eigenvalue weighted by Gasteiger charge is -2.38. The monoisotopic (exact) mass is 720 g/mol. The fourth-order valence-corrected chi connectivity index (χ4v) is 7.11. The van der Waals surface area contributed by atoms with Gasteiger partial charge in [0.05, 0.1) is 36.3 Å². The number of nitrogens with zero attached hydrogens (tertiary/aromatic N) is 1. The lowest BCUT2D eigenvalue weighted by atomic mass is 9.97. The van der Waals surface area contributed by atoms with Crippen molar-refractivity contribution < 1.29 is 29.3 Å². The quantitative estimate of drug-likeness (QED) is 0.0640. The van der Waals surface area contributed by atoms with Crippen LogP contribution >= 0.6 is 0 Å². The summed E-state index contributed by atoms with van der Waals surface area (Å²) in [6, 6.07) is 31.4. The zero-order chi connectivity index (χ0) is 37.0. The van der Waals surface area contributed by atoms with Crippen molar-refractivity contribution in [2.75, 3.05) is 30.7 Å². The molecular weight excluding hydrogens is 668 g/mol. The van der Waals surface area contributed by atoms with Gasteiger partial charge in [0.15, 0.2) is 6.29 Å². The molecule has 4 aromatic carbocycles. The number of β-amino-alcohol motifs (C(OH)–C–C–N with tert-alkyl or cyclic N) is 1. The van der Waals surface area contributed by atoms with E-state index in [0.717, 1.165) is 78.6 Å². The average molecular weight is 721 g/mol. The highest BCUT2D eigenvalue weighted by molar-refractivity contribution is 5.93. The van der Waals surface area contributed by atoms with Crippen LogP contribution in [0.15, 0.2) is 97.1 Å². The Balaban J connectivity index is 0.996. The number of para-hydroxylation sites is 2. The van der Waals surface area contributed by atoms with Gasteiger partial charge in [-0.2, -0.15) is 0 Å². The first kappa shape index (κ1) is 38.2. The van der Waals surface area contributed by atoms with Gasteiger partial charge in [-0.1, -0.05) is 97.8 Å². The van der Waals surface area contributed by atoms with Gasteiger partial charge in [0.2, 0.25) is 11.8 Å². The molecule has 2 amide bonds. The standard InChI is InChI=1S/C43H52N4O6/c44-38-11-7-8-12-39(38)46-42(51)14-4-2-1-3-13-41(50)45-26-34-9-5-6-10-37(34)31-19-21-33(22-20-31)43-52-36(28-47-24-23-35(49)27-47)25-40(53-43)32-17-15-30(29-48)16-18-32/h5-12,15-22,35-36,40,43,48-49H,1-4,13-14,23-29,44H2,(H,45,50)(H,46,51)/t35-,36-,40+,43+/m0/s1. The maximum Gasteiger partial charge on any atom is 0.224 e. The number of ether oxygens (including phenoxy) is 2. The molecule has 4 aromatic rings. The summed E-state index contributed by atoms with van der Waals surface area (Å²) in [6.45, 7) is 2.66. The van der Waals surface area contributed by atoms with Crippen molar-refractivity contribution in [1.82, 2.24) is 10.2 Å². The van der Waals surface area contributed by atoms with Crippen LogP contribution in [-0.4, -0.2) is 58.8 Å². The zero-order valence-electron chi connectivity index (χ0n) is 30.3. The number of hydrogen-bond donors (Lipinski definition) is 5. The van der Waals surface area contributed by atoms with E-state index in [1.165, 1.54) is 0 Å². The maximum atomic E-state index is 12.7. The number of aliphatic hydroxyl groups is 2. The molecule has 0 aliphatic carbocycles. The van der Waals surface area contributed by atoms with Crippen molar-refractivity contribution in [2.45, 2.75) is 89.1 Å². The normalized spacial score (nSPS) is 20.3. The molecule has 4 atom stereocenters. The van der Waals surface area contributed by atoms with E-state index >= 15 is 0 Å². The molecule has 280 valence electrons. The number of rotatable bonds is 16. The summed E-state index contributed by atoms with van der Waals surface area (Å²) in [4.78, 5) is 27.2. The van der Waals surface area contributed by atoms with Crippen molar-refractivity contribution >= 4 is 23.2 Å². The average Bonchev–Trinajstić information content (AvgIpc) is 3.60. The third-order valence-electron chi connectivity index (χ3n) is 10.1. The molecule has 10 nitrogen and oxygen atoms in total. The Morgan fingerprint density at radius 1 is 0.811 bits per heavy atom. The van der Waals surface area contributed by atoms with Crippen LogP contribution in [0.1, 0.15) is 86.0 Å². The summed E-state index contributed by atoms with van der Waals surface area (Å²) in [5.41, 5.74) is 13.0. The van der Waals surface area contributed by atoms with E-state index in [2.05, 4.69) is 33.7 Å². The molecule has 53 heavy (non-hydrogen) atoms. The number of benzene rings is 4. The fraction of sp³-hybridized carbons (Fsp3) is 0.395. The Bertz CT molecular complexity index is 1780. The van der Waals surface area contributed by atoms with Crippen LogP contribution < -0.4 is 16.4 Å². The first-order valence-electron chi connectivity index (χ1n) is 18.8. The summed E-state index contributed by atoms with van der Waals surface area (Å²) < 4.78 is 13.1.